The molecule has 0 unspecified atom stereocenters. The molecule has 3 N–H and O–H groups in total. The van der Waals surface area contributed by atoms with Gasteiger partial charge in [0.25, 0.3) is 0 Å². The summed E-state index contributed by atoms with van der Waals surface area (Å²) < 4.78 is 40.8. The monoisotopic (exact) mass is 416 g/mol. The van der Waals surface area contributed by atoms with Crippen LogP contribution in [0.15, 0.2) is 47.5 Å². The Morgan fingerprint density at radius 2 is 1.97 bits per heavy atom. The summed E-state index contributed by atoms with van der Waals surface area (Å²) in [5.74, 6) is 1.43. The predicted molar refractivity (Wildman–Crippen MR) is 109 cm³/mol. The number of nitrogens with one attached hydrogen (secondary N) is 3. The van der Waals surface area contributed by atoms with Crippen LogP contribution in [0.1, 0.15) is 18.2 Å². The van der Waals surface area contributed by atoms with E-state index in [0.717, 1.165) is 16.6 Å². The van der Waals surface area contributed by atoms with Crippen molar-refractivity contribution in [2.24, 2.45) is 4.99 Å². The van der Waals surface area contributed by atoms with E-state index in [1.807, 2.05) is 31.2 Å². The lowest BCUT2D eigenvalue weighted by Gasteiger charge is -2.13. The molecule has 2 aromatic carbocycles. The number of halogens is 2. The lowest BCUT2D eigenvalue weighted by atomic mass is 10.1. The van der Waals surface area contributed by atoms with Crippen molar-refractivity contribution in [3.05, 3.63) is 53.7 Å². The highest BCUT2D eigenvalue weighted by atomic mass is 19.3. The van der Waals surface area contributed by atoms with Crippen LogP contribution in [0.2, 0.25) is 0 Å². The Kier molecular flexibility index (Phi) is 5.87. The molecule has 9 heteroatoms. The molecule has 0 saturated heterocycles. The third kappa shape index (κ3) is 4.56. The lowest BCUT2D eigenvalue weighted by Crippen LogP contribution is -2.36. The minimum atomic E-state index is -2.94. The summed E-state index contributed by atoms with van der Waals surface area (Å²) in [5.41, 5.74) is 2.54. The zero-order valence-electron chi connectivity index (χ0n) is 16.4. The first kappa shape index (κ1) is 19.8. The molecule has 0 saturated carbocycles. The van der Waals surface area contributed by atoms with Crippen molar-refractivity contribution < 1.29 is 23.0 Å². The van der Waals surface area contributed by atoms with Gasteiger partial charge < -0.3 is 29.8 Å². The number of alkyl halides is 2. The van der Waals surface area contributed by atoms with Crippen LogP contribution in [0.3, 0.4) is 0 Å². The van der Waals surface area contributed by atoms with Gasteiger partial charge in [0, 0.05) is 29.4 Å². The van der Waals surface area contributed by atoms with Crippen LogP contribution in [-0.2, 0) is 13.1 Å². The van der Waals surface area contributed by atoms with E-state index in [4.69, 9.17) is 9.47 Å². The first-order valence-electron chi connectivity index (χ1n) is 9.58. The topological polar surface area (TPSA) is 79.9 Å². The third-order valence-electron chi connectivity index (χ3n) is 4.56. The summed E-state index contributed by atoms with van der Waals surface area (Å²) in [6, 6.07) is 13.1. The van der Waals surface area contributed by atoms with Crippen LogP contribution in [0.4, 0.5) is 8.78 Å². The maximum absolute atomic E-state index is 12.8. The van der Waals surface area contributed by atoms with Gasteiger partial charge >= 0.3 is 6.61 Å². The molecule has 30 heavy (non-hydrogen) atoms. The number of fused-ring (bicyclic) bond motifs is 2. The van der Waals surface area contributed by atoms with E-state index >= 15 is 0 Å². The number of nitrogens with zero attached hydrogens (tertiary/aromatic N) is 1. The van der Waals surface area contributed by atoms with Crippen LogP contribution in [0.25, 0.3) is 10.9 Å². The zero-order valence-corrected chi connectivity index (χ0v) is 16.4. The Labute approximate surface area is 172 Å². The van der Waals surface area contributed by atoms with E-state index in [-0.39, 0.29) is 19.1 Å². The van der Waals surface area contributed by atoms with Crippen molar-refractivity contribution >= 4 is 16.9 Å². The summed E-state index contributed by atoms with van der Waals surface area (Å²) in [7, 11) is 0. The molecule has 0 bridgehead atoms. The number of benzene rings is 2. The Bertz CT molecular complexity index is 1020. The van der Waals surface area contributed by atoms with Gasteiger partial charge in [-0.3, -0.25) is 0 Å². The van der Waals surface area contributed by atoms with Crippen LogP contribution in [0.5, 0.6) is 17.2 Å². The Balaban J connectivity index is 1.49. The number of ether oxygens (including phenoxy) is 3. The van der Waals surface area contributed by atoms with E-state index < -0.39 is 6.61 Å². The number of hydrogen-bond donors (Lipinski definition) is 3. The number of aliphatic imine (C=N–C) groups is 1. The molecule has 0 fully saturated rings. The van der Waals surface area contributed by atoms with Crippen LogP contribution in [-0.4, -0.2) is 30.9 Å². The van der Waals surface area contributed by atoms with Gasteiger partial charge in [-0.1, -0.05) is 18.2 Å². The molecule has 0 radical (unpaired) electrons. The van der Waals surface area contributed by atoms with Crippen molar-refractivity contribution in [1.29, 1.82) is 0 Å². The van der Waals surface area contributed by atoms with E-state index in [0.29, 0.717) is 36.1 Å². The molecule has 1 aromatic heterocycles. The molecule has 0 aliphatic carbocycles. The average Bonchev–Trinajstić information content (AvgIpc) is 3.35. The van der Waals surface area contributed by atoms with Gasteiger partial charge in [0.1, 0.15) is 5.75 Å². The first-order chi connectivity index (χ1) is 14.6. The second kappa shape index (κ2) is 8.89. The standard InChI is InChI=1S/C21H22F2N4O3/c1-2-24-21(26-11-15-7-13-5-3-4-6-16(13)27-15)25-10-14-8-18-19(29-12-28-18)9-17(14)30-20(22)23/h3-9,20,27H,2,10-12H2,1H3,(H2,24,25,26). The number of H-pyrrole nitrogens is 1. The van der Waals surface area contributed by atoms with Gasteiger partial charge in [0.15, 0.2) is 17.5 Å². The van der Waals surface area contributed by atoms with Crippen molar-refractivity contribution in [3.8, 4) is 17.2 Å². The van der Waals surface area contributed by atoms with E-state index in [1.165, 1.54) is 6.07 Å². The summed E-state index contributed by atoms with van der Waals surface area (Å²) in [4.78, 5) is 7.85. The second-order valence-corrected chi connectivity index (χ2v) is 6.62. The normalized spacial score (nSPS) is 13.1. The molecular formula is C21H22F2N4O3. The molecule has 1 aliphatic heterocycles. The molecular weight excluding hydrogens is 394 g/mol. The van der Waals surface area contributed by atoms with Crippen molar-refractivity contribution in [2.75, 3.05) is 13.3 Å². The Morgan fingerprint density at radius 1 is 1.17 bits per heavy atom. The molecule has 1 aliphatic rings. The quantitative estimate of drug-likeness (QED) is 0.404. The largest absolute Gasteiger partial charge is 0.454 e. The van der Waals surface area contributed by atoms with Gasteiger partial charge in [-0.2, -0.15) is 8.78 Å². The van der Waals surface area contributed by atoms with Crippen molar-refractivity contribution in [2.45, 2.75) is 26.6 Å². The molecule has 0 atom stereocenters. The number of rotatable bonds is 7. The fourth-order valence-corrected chi connectivity index (χ4v) is 3.21. The van der Waals surface area contributed by atoms with Gasteiger partial charge in [-0.15, -0.1) is 0 Å². The maximum Gasteiger partial charge on any atom is 0.387 e. The fourth-order valence-electron chi connectivity index (χ4n) is 3.21. The molecule has 4 rings (SSSR count). The van der Waals surface area contributed by atoms with E-state index in [1.54, 1.807) is 6.07 Å². The minimum Gasteiger partial charge on any atom is -0.454 e. The maximum atomic E-state index is 12.8. The molecule has 7 nitrogen and oxygen atoms in total. The van der Waals surface area contributed by atoms with Crippen molar-refractivity contribution in [1.82, 2.24) is 15.6 Å². The number of aromatic amines is 1. The Morgan fingerprint density at radius 3 is 2.73 bits per heavy atom. The van der Waals surface area contributed by atoms with Crippen molar-refractivity contribution in [3.63, 3.8) is 0 Å². The average molecular weight is 416 g/mol. The highest BCUT2D eigenvalue weighted by Gasteiger charge is 2.20. The second-order valence-electron chi connectivity index (χ2n) is 6.62. The number of para-hydroxylation sites is 1. The molecule has 0 amide bonds. The summed E-state index contributed by atoms with van der Waals surface area (Å²) in [6.07, 6.45) is 0. The van der Waals surface area contributed by atoms with Crippen LogP contribution in [0, 0.1) is 0 Å². The minimum absolute atomic E-state index is 0.0180. The number of aromatic nitrogens is 1. The fraction of sp³-hybridized carbons (Fsp3) is 0.286. The highest BCUT2D eigenvalue weighted by Crippen LogP contribution is 2.39. The zero-order chi connectivity index (χ0) is 20.9. The van der Waals surface area contributed by atoms with E-state index in [2.05, 4.69) is 31.4 Å². The van der Waals surface area contributed by atoms with Gasteiger partial charge in [-0.25, -0.2) is 4.99 Å². The van der Waals surface area contributed by atoms with Gasteiger partial charge in [-0.05, 0) is 30.5 Å². The van der Waals surface area contributed by atoms with Gasteiger partial charge in [0.05, 0.1) is 13.1 Å². The Hall–Kier alpha value is -3.49. The van der Waals surface area contributed by atoms with Gasteiger partial charge in [0.2, 0.25) is 6.79 Å². The van der Waals surface area contributed by atoms with Crippen LogP contribution >= 0.6 is 0 Å². The summed E-state index contributed by atoms with van der Waals surface area (Å²) >= 11 is 0. The summed E-state index contributed by atoms with van der Waals surface area (Å²) in [5, 5.41) is 7.52. The highest BCUT2D eigenvalue weighted by molar-refractivity contribution is 5.81. The predicted octanol–water partition coefficient (Wildman–Crippen LogP) is 3.75. The number of guanidine groups is 1. The number of hydrogen-bond acceptors (Lipinski definition) is 4. The third-order valence-corrected chi connectivity index (χ3v) is 4.56. The molecule has 2 heterocycles. The summed E-state index contributed by atoms with van der Waals surface area (Å²) in [6.45, 7) is 0.362. The van der Waals surface area contributed by atoms with E-state index in [9.17, 15) is 8.78 Å². The lowest BCUT2D eigenvalue weighted by molar-refractivity contribution is -0.0505. The SMILES string of the molecule is CCNC(=NCc1cc2c(cc1OC(F)F)OCO2)NCc1cc2ccccc2[nH]1. The molecule has 158 valence electrons. The molecule has 3 aromatic rings. The first-order valence-corrected chi connectivity index (χ1v) is 9.58. The van der Waals surface area contributed by atoms with Crippen LogP contribution < -0.4 is 24.8 Å². The molecule has 0 spiro atoms. The smallest absolute Gasteiger partial charge is 0.387 e.